The van der Waals surface area contributed by atoms with Gasteiger partial charge in [-0.05, 0) is 25.0 Å². The molecule has 2 aromatic rings. The van der Waals surface area contributed by atoms with Crippen LogP contribution in [0.3, 0.4) is 0 Å². The standard InChI is InChI=1S/C13H18N4O3S/c1-16-11(4-5-14-16)7-15-21(19,20)13-6-12(9-18)17(8-13)10-2-3-10/h4-6,8,10,15,18H,2-3,7,9H2,1H3. The highest BCUT2D eigenvalue weighted by Crippen LogP contribution is 2.37. The summed E-state index contributed by atoms with van der Waals surface area (Å²) in [6.07, 6.45) is 5.29. The molecule has 0 radical (unpaired) electrons. The maximum atomic E-state index is 12.3. The van der Waals surface area contributed by atoms with Crippen LogP contribution in [0.5, 0.6) is 0 Å². The van der Waals surface area contributed by atoms with Crippen molar-refractivity contribution in [2.24, 2.45) is 7.05 Å². The van der Waals surface area contributed by atoms with Crippen LogP contribution < -0.4 is 4.72 Å². The zero-order valence-corrected chi connectivity index (χ0v) is 12.5. The Bertz CT molecular complexity index is 743. The fourth-order valence-corrected chi connectivity index (χ4v) is 3.34. The highest BCUT2D eigenvalue weighted by Gasteiger charge is 2.28. The van der Waals surface area contributed by atoms with Gasteiger partial charge in [-0.3, -0.25) is 4.68 Å². The molecule has 8 heteroatoms. The summed E-state index contributed by atoms with van der Waals surface area (Å²) in [6, 6.07) is 3.62. The van der Waals surface area contributed by atoms with Crippen molar-refractivity contribution < 1.29 is 13.5 Å². The molecule has 0 saturated heterocycles. The van der Waals surface area contributed by atoms with Crippen LogP contribution in [0.2, 0.25) is 0 Å². The Kier molecular flexibility index (Phi) is 3.60. The van der Waals surface area contributed by atoms with E-state index in [-0.39, 0.29) is 18.0 Å². The molecule has 0 atom stereocenters. The molecule has 1 fully saturated rings. The first-order chi connectivity index (χ1) is 10.0. The Hall–Kier alpha value is -1.64. The van der Waals surface area contributed by atoms with Gasteiger partial charge in [0.15, 0.2) is 0 Å². The second kappa shape index (κ2) is 5.28. The highest BCUT2D eigenvalue weighted by molar-refractivity contribution is 7.89. The largest absolute Gasteiger partial charge is 0.390 e. The number of aromatic nitrogens is 3. The normalized spacial score (nSPS) is 15.5. The average molecular weight is 310 g/mol. The van der Waals surface area contributed by atoms with Crippen LogP contribution in [0.1, 0.15) is 30.3 Å². The lowest BCUT2D eigenvalue weighted by Crippen LogP contribution is -2.24. The molecular weight excluding hydrogens is 292 g/mol. The molecular formula is C13H18N4O3S. The third kappa shape index (κ3) is 2.87. The van der Waals surface area contributed by atoms with Crippen LogP contribution in [0.25, 0.3) is 0 Å². The van der Waals surface area contributed by atoms with E-state index in [4.69, 9.17) is 0 Å². The minimum atomic E-state index is -3.59. The molecule has 0 bridgehead atoms. The van der Waals surface area contributed by atoms with Gasteiger partial charge in [0.05, 0.1) is 23.7 Å². The van der Waals surface area contributed by atoms with Gasteiger partial charge in [0.2, 0.25) is 10.0 Å². The number of sulfonamides is 1. The van der Waals surface area contributed by atoms with Gasteiger partial charge in [-0.25, -0.2) is 13.1 Å². The van der Waals surface area contributed by atoms with Gasteiger partial charge in [-0.15, -0.1) is 0 Å². The third-order valence-corrected chi connectivity index (χ3v) is 5.05. The molecule has 0 amide bonds. The topological polar surface area (TPSA) is 89.2 Å². The average Bonchev–Trinajstić information content (AvgIpc) is 3.06. The van der Waals surface area contributed by atoms with Crippen molar-refractivity contribution in [3.8, 4) is 0 Å². The van der Waals surface area contributed by atoms with Crippen LogP contribution in [0, 0.1) is 0 Å². The Morgan fingerprint density at radius 1 is 1.43 bits per heavy atom. The van der Waals surface area contributed by atoms with Gasteiger partial charge in [-0.1, -0.05) is 0 Å². The molecule has 0 unspecified atom stereocenters. The number of hydrogen-bond acceptors (Lipinski definition) is 4. The number of aryl methyl sites for hydroxylation is 1. The van der Waals surface area contributed by atoms with Crippen molar-refractivity contribution in [2.75, 3.05) is 0 Å². The Morgan fingerprint density at radius 2 is 2.19 bits per heavy atom. The van der Waals surface area contributed by atoms with E-state index in [9.17, 15) is 13.5 Å². The SMILES string of the molecule is Cn1nccc1CNS(=O)(=O)c1cc(CO)n(C2CC2)c1. The van der Waals surface area contributed by atoms with Crippen LogP contribution in [0.4, 0.5) is 0 Å². The lowest BCUT2D eigenvalue weighted by Gasteiger charge is -2.05. The van der Waals surface area contributed by atoms with E-state index >= 15 is 0 Å². The second-order valence-electron chi connectivity index (χ2n) is 5.23. The minimum Gasteiger partial charge on any atom is -0.390 e. The molecule has 1 aliphatic carbocycles. The van der Waals surface area contributed by atoms with Gasteiger partial charge in [-0.2, -0.15) is 5.10 Å². The van der Waals surface area contributed by atoms with Crippen molar-refractivity contribution in [3.05, 3.63) is 35.9 Å². The molecule has 3 rings (SSSR count). The number of nitrogens with zero attached hydrogens (tertiary/aromatic N) is 3. The predicted octanol–water partition coefficient (Wildman–Crippen LogP) is 0.527. The number of aliphatic hydroxyl groups excluding tert-OH is 1. The van der Waals surface area contributed by atoms with Crippen LogP contribution in [-0.2, 0) is 30.2 Å². The molecule has 2 N–H and O–H groups in total. The van der Waals surface area contributed by atoms with E-state index in [0.717, 1.165) is 18.5 Å². The van der Waals surface area contributed by atoms with Crippen LogP contribution in [0.15, 0.2) is 29.4 Å². The van der Waals surface area contributed by atoms with Crippen LogP contribution in [-0.4, -0.2) is 27.9 Å². The summed E-state index contributed by atoms with van der Waals surface area (Å²) in [5.41, 5.74) is 1.42. The van der Waals surface area contributed by atoms with E-state index in [0.29, 0.717) is 11.7 Å². The van der Waals surface area contributed by atoms with E-state index in [1.807, 2.05) is 4.57 Å². The zero-order chi connectivity index (χ0) is 15.0. The summed E-state index contributed by atoms with van der Waals surface area (Å²) in [4.78, 5) is 0.195. The second-order valence-corrected chi connectivity index (χ2v) is 7.00. The first kappa shape index (κ1) is 14.3. The number of nitrogens with one attached hydrogen (secondary N) is 1. The summed E-state index contributed by atoms with van der Waals surface area (Å²) in [5, 5.41) is 13.3. The number of hydrogen-bond donors (Lipinski definition) is 2. The van der Waals surface area contributed by atoms with E-state index in [2.05, 4.69) is 9.82 Å². The summed E-state index contributed by atoms with van der Waals surface area (Å²) < 4.78 is 30.7. The molecule has 114 valence electrons. The molecule has 0 spiro atoms. The molecule has 0 aromatic carbocycles. The predicted molar refractivity (Wildman–Crippen MR) is 75.9 cm³/mol. The maximum absolute atomic E-state index is 12.3. The van der Waals surface area contributed by atoms with Gasteiger partial charge in [0, 0.05) is 31.2 Å². The smallest absolute Gasteiger partial charge is 0.242 e. The van der Waals surface area contributed by atoms with E-state index in [1.165, 1.54) is 6.07 Å². The lowest BCUT2D eigenvalue weighted by molar-refractivity contribution is 0.270. The van der Waals surface area contributed by atoms with E-state index in [1.54, 1.807) is 30.2 Å². The minimum absolute atomic E-state index is 0.159. The van der Waals surface area contributed by atoms with E-state index < -0.39 is 10.0 Å². The molecule has 0 aliphatic heterocycles. The molecule has 1 saturated carbocycles. The van der Waals surface area contributed by atoms with Crippen molar-refractivity contribution in [3.63, 3.8) is 0 Å². The summed E-state index contributed by atoms with van der Waals surface area (Å²) >= 11 is 0. The summed E-state index contributed by atoms with van der Waals surface area (Å²) in [7, 11) is -1.83. The third-order valence-electron chi connectivity index (χ3n) is 3.69. The molecule has 7 nitrogen and oxygen atoms in total. The fraction of sp³-hybridized carbons (Fsp3) is 0.462. The van der Waals surface area contributed by atoms with Gasteiger partial charge < -0.3 is 9.67 Å². The first-order valence-corrected chi connectivity index (χ1v) is 8.28. The van der Waals surface area contributed by atoms with Crippen molar-refractivity contribution in [2.45, 2.75) is 36.9 Å². The molecule has 1 aliphatic rings. The fourth-order valence-electron chi connectivity index (χ4n) is 2.29. The van der Waals surface area contributed by atoms with Gasteiger partial charge in [0.25, 0.3) is 0 Å². The Balaban J connectivity index is 1.79. The first-order valence-electron chi connectivity index (χ1n) is 6.79. The monoisotopic (exact) mass is 310 g/mol. The number of aliphatic hydroxyl groups is 1. The zero-order valence-electron chi connectivity index (χ0n) is 11.7. The van der Waals surface area contributed by atoms with Crippen molar-refractivity contribution in [1.82, 2.24) is 19.1 Å². The quantitative estimate of drug-likeness (QED) is 0.814. The van der Waals surface area contributed by atoms with Gasteiger partial charge in [0.1, 0.15) is 0 Å². The number of rotatable bonds is 6. The van der Waals surface area contributed by atoms with Crippen molar-refractivity contribution >= 4 is 10.0 Å². The summed E-state index contributed by atoms with van der Waals surface area (Å²) in [6.45, 7) is 0.0235. The lowest BCUT2D eigenvalue weighted by atomic mass is 10.4. The van der Waals surface area contributed by atoms with Crippen LogP contribution >= 0.6 is 0 Å². The highest BCUT2D eigenvalue weighted by atomic mass is 32.2. The molecule has 2 aromatic heterocycles. The Labute approximate surface area is 123 Å². The van der Waals surface area contributed by atoms with Crippen molar-refractivity contribution in [1.29, 1.82) is 0 Å². The summed E-state index contributed by atoms with van der Waals surface area (Å²) in [5.74, 6) is 0. The van der Waals surface area contributed by atoms with Gasteiger partial charge >= 0.3 is 0 Å². The molecule has 2 heterocycles. The molecule has 21 heavy (non-hydrogen) atoms. The maximum Gasteiger partial charge on any atom is 0.242 e. The Morgan fingerprint density at radius 3 is 2.76 bits per heavy atom.